The number of alkyl halides is 3. The molecule has 1 aromatic rings. The van der Waals surface area contributed by atoms with Gasteiger partial charge in [0, 0.05) is 26.4 Å². The summed E-state index contributed by atoms with van der Waals surface area (Å²) in [5, 5.41) is 2.36. The number of urea groups is 1. The number of halogens is 3. The molecule has 0 fully saturated rings. The van der Waals surface area contributed by atoms with Crippen LogP contribution in [0.3, 0.4) is 0 Å². The van der Waals surface area contributed by atoms with Gasteiger partial charge in [-0.25, -0.2) is 9.78 Å². The number of carbonyl (C=O) groups is 1. The van der Waals surface area contributed by atoms with E-state index in [-0.39, 0.29) is 11.8 Å². The highest BCUT2D eigenvalue weighted by atomic mass is 32.2. The molecule has 0 radical (unpaired) electrons. The molecule has 6 nitrogen and oxygen atoms in total. The zero-order valence-electron chi connectivity index (χ0n) is 10.3. The molecule has 108 valence electrons. The smallest absolute Gasteiger partial charge is 0.357 e. The van der Waals surface area contributed by atoms with Crippen molar-refractivity contribution in [2.24, 2.45) is 0 Å². The first-order chi connectivity index (χ1) is 8.86. The lowest BCUT2D eigenvalue weighted by Crippen LogP contribution is -2.30. The van der Waals surface area contributed by atoms with Crippen LogP contribution in [0.25, 0.3) is 0 Å². The Morgan fingerprint density at radius 1 is 1.58 bits per heavy atom. The molecule has 0 aliphatic heterocycles. The third kappa shape index (κ3) is 4.54. The molecular weight excluding hydrogens is 283 g/mol. The summed E-state index contributed by atoms with van der Waals surface area (Å²) in [6.07, 6.45) is -3.46. The summed E-state index contributed by atoms with van der Waals surface area (Å²) < 4.78 is 40.3. The van der Waals surface area contributed by atoms with Crippen molar-refractivity contribution in [2.45, 2.75) is 6.18 Å². The Hall–Kier alpha value is -1.58. The quantitative estimate of drug-likeness (QED) is 0.568. The summed E-state index contributed by atoms with van der Waals surface area (Å²) in [4.78, 5) is 18.0. The molecule has 2 amide bonds. The second-order valence-corrected chi connectivity index (χ2v) is 4.45. The molecule has 1 aromatic heterocycles. The summed E-state index contributed by atoms with van der Waals surface area (Å²) in [7, 11) is 2.98. The predicted molar refractivity (Wildman–Crippen MR) is 66.9 cm³/mol. The number of hydrogen-bond donors (Lipinski definition) is 3. The lowest BCUT2D eigenvalue weighted by Gasteiger charge is -2.18. The molecule has 0 spiro atoms. The van der Waals surface area contributed by atoms with Gasteiger partial charge in [-0.1, -0.05) is 0 Å². The fourth-order valence-electron chi connectivity index (χ4n) is 1.24. The van der Waals surface area contributed by atoms with Gasteiger partial charge in [0.25, 0.3) is 0 Å². The molecule has 19 heavy (non-hydrogen) atoms. The molecule has 1 rings (SSSR count). The number of rotatable bonds is 5. The van der Waals surface area contributed by atoms with Crippen molar-refractivity contribution in [1.82, 2.24) is 20.0 Å². The Labute approximate surface area is 112 Å². The van der Waals surface area contributed by atoms with Gasteiger partial charge in [-0.05, 0) is 11.9 Å². The standard InChI is InChI=1S/C9H14F3N5OS/c1-13-8(18)16-19-4-3-17(2)7-6(9(10,11)12)14-5-15-7/h5H,3-4H2,1-2H3,(H,14,15)(H2,13,16,18). The van der Waals surface area contributed by atoms with Crippen LogP contribution in [-0.2, 0) is 6.18 Å². The normalized spacial score (nSPS) is 11.2. The molecule has 3 N–H and O–H groups in total. The van der Waals surface area contributed by atoms with Crippen molar-refractivity contribution in [3.63, 3.8) is 0 Å². The first-order valence-electron chi connectivity index (χ1n) is 5.27. The molecule has 0 aliphatic carbocycles. The van der Waals surface area contributed by atoms with Crippen molar-refractivity contribution >= 4 is 23.8 Å². The van der Waals surface area contributed by atoms with Gasteiger partial charge in [0.2, 0.25) is 0 Å². The van der Waals surface area contributed by atoms with Gasteiger partial charge in [-0.3, -0.25) is 4.72 Å². The molecule has 0 aromatic carbocycles. The molecule has 1 heterocycles. The summed E-state index contributed by atoms with van der Waals surface area (Å²) in [6, 6.07) is -0.358. The summed E-state index contributed by atoms with van der Waals surface area (Å²) in [5.74, 6) is 0.265. The van der Waals surface area contributed by atoms with Crippen molar-refractivity contribution in [3.8, 4) is 0 Å². The largest absolute Gasteiger partial charge is 0.434 e. The van der Waals surface area contributed by atoms with Crippen LogP contribution in [0.5, 0.6) is 0 Å². The van der Waals surface area contributed by atoms with Gasteiger partial charge >= 0.3 is 12.2 Å². The number of anilines is 1. The van der Waals surface area contributed by atoms with Gasteiger partial charge in [0.05, 0.1) is 6.33 Å². The summed E-state index contributed by atoms with van der Waals surface area (Å²) >= 11 is 1.10. The molecule has 0 saturated carbocycles. The van der Waals surface area contributed by atoms with Crippen LogP contribution >= 0.6 is 11.9 Å². The minimum atomic E-state index is -4.46. The van der Waals surface area contributed by atoms with E-state index in [9.17, 15) is 18.0 Å². The highest BCUT2D eigenvalue weighted by Crippen LogP contribution is 2.33. The fraction of sp³-hybridized carbons (Fsp3) is 0.556. The molecule has 0 aliphatic rings. The van der Waals surface area contributed by atoms with Crippen LogP contribution in [0.4, 0.5) is 23.8 Å². The van der Waals surface area contributed by atoms with Crippen molar-refractivity contribution in [3.05, 3.63) is 12.0 Å². The third-order valence-electron chi connectivity index (χ3n) is 2.19. The number of nitrogens with zero attached hydrogens (tertiary/aromatic N) is 2. The monoisotopic (exact) mass is 297 g/mol. The molecule has 0 atom stereocenters. The third-order valence-corrected chi connectivity index (χ3v) is 2.90. The van der Waals surface area contributed by atoms with Crippen molar-refractivity contribution < 1.29 is 18.0 Å². The lowest BCUT2D eigenvalue weighted by molar-refractivity contribution is -0.140. The van der Waals surface area contributed by atoms with E-state index in [0.717, 1.165) is 18.3 Å². The van der Waals surface area contributed by atoms with Gasteiger partial charge in [0.15, 0.2) is 11.5 Å². The van der Waals surface area contributed by atoms with Crippen LogP contribution in [0.2, 0.25) is 0 Å². The Bertz CT molecular complexity index is 422. The topological polar surface area (TPSA) is 73.1 Å². The van der Waals surface area contributed by atoms with E-state index < -0.39 is 11.9 Å². The Morgan fingerprint density at radius 2 is 2.26 bits per heavy atom. The fourth-order valence-corrected chi connectivity index (χ4v) is 1.94. The average molecular weight is 297 g/mol. The van der Waals surface area contributed by atoms with Gasteiger partial charge in [0.1, 0.15) is 0 Å². The van der Waals surface area contributed by atoms with Crippen molar-refractivity contribution in [1.29, 1.82) is 0 Å². The first-order valence-corrected chi connectivity index (χ1v) is 6.26. The van der Waals surface area contributed by atoms with Crippen LogP contribution in [0.1, 0.15) is 5.69 Å². The highest BCUT2D eigenvalue weighted by molar-refractivity contribution is 7.97. The number of imidazole rings is 1. The van der Waals surface area contributed by atoms with Gasteiger partial charge < -0.3 is 15.2 Å². The average Bonchev–Trinajstić information content (AvgIpc) is 2.82. The minimum Gasteiger partial charge on any atom is -0.357 e. The Morgan fingerprint density at radius 3 is 2.84 bits per heavy atom. The molecule has 10 heteroatoms. The molecule has 0 saturated heterocycles. The zero-order chi connectivity index (χ0) is 14.5. The van der Waals surface area contributed by atoms with Crippen LogP contribution in [0.15, 0.2) is 6.33 Å². The maximum absolute atomic E-state index is 12.6. The number of aromatic amines is 1. The molecule has 0 bridgehead atoms. The van der Waals surface area contributed by atoms with E-state index in [4.69, 9.17) is 0 Å². The van der Waals surface area contributed by atoms with E-state index in [1.807, 2.05) is 0 Å². The number of hydrogen-bond acceptors (Lipinski definition) is 4. The predicted octanol–water partition coefficient (Wildman–Crippen LogP) is 1.44. The maximum Gasteiger partial charge on any atom is 0.434 e. The Balaban J connectivity index is 2.48. The van der Waals surface area contributed by atoms with Crippen LogP contribution in [0, 0.1) is 0 Å². The SMILES string of the molecule is CNC(=O)NSCCN(C)c1nc[nH]c1C(F)(F)F. The zero-order valence-corrected chi connectivity index (χ0v) is 11.2. The second-order valence-electron chi connectivity index (χ2n) is 3.55. The summed E-state index contributed by atoms with van der Waals surface area (Å²) in [5.41, 5.74) is -0.876. The number of aromatic nitrogens is 2. The van der Waals surface area contributed by atoms with E-state index in [1.165, 1.54) is 19.0 Å². The number of amides is 2. The van der Waals surface area contributed by atoms with E-state index in [0.29, 0.717) is 12.3 Å². The molecular formula is C9H14F3N5OS. The van der Waals surface area contributed by atoms with Gasteiger partial charge in [-0.15, -0.1) is 0 Å². The number of H-pyrrole nitrogens is 1. The number of nitrogens with one attached hydrogen (secondary N) is 3. The van der Waals surface area contributed by atoms with E-state index in [1.54, 1.807) is 0 Å². The van der Waals surface area contributed by atoms with E-state index in [2.05, 4.69) is 20.0 Å². The maximum atomic E-state index is 12.6. The minimum absolute atomic E-state index is 0.159. The van der Waals surface area contributed by atoms with E-state index >= 15 is 0 Å². The van der Waals surface area contributed by atoms with Crippen LogP contribution in [-0.4, -0.2) is 42.4 Å². The van der Waals surface area contributed by atoms with Crippen molar-refractivity contribution in [2.75, 3.05) is 31.3 Å². The molecule has 0 unspecified atom stereocenters. The first kappa shape index (κ1) is 15.5. The van der Waals surface area contributed by atoms with Crippen LogP contribution < -0.4 is 14.9 Å². The van der Waals surface area contributed by atoms with Gasteiger partial charge in [-0.2, -0.15) is 13.2 Å². The number of carbonyl (C=O) groups excluding carboxylic acids is 1. The highest BCUT2D eigenvalue weighted by Gasteiger charge is 2.36. The summed E-state index contributed by atoms with van der Waals surface area (Å²) in [6.45, 7) is 0.308. The Kier molecular flexibility index (Phi) is 5.33. The lowest BCUT2D eigenvalue weighted by atomic mass is 10.4. The second kappa shape index (κ2) is 6.55.